The second kappa shape index (κ2) is 9.91. The number of aliphatic hydroxyl groups is 2. The Morgan fingerprint density at radius 3 is 2.36 bits per heavy atom. The minimum Gasteiger partial charge on any atom is -0.396 e. The molecule has 198 valence electrons. The number of nitrogens with zero attached hydrogens (tertiary/aromatic N) is 3. The molecule has 39 heavy (non-hydrogen) atoms. The third-order valence-electron chi connectivity index (χ3n) is 8.40. The number of ether oxygens (including phenoxy) is 1. The third kappa shape index (κ3) is 3.92. The van der Waals surface area contributed by atoms with Gasteiger partial charge in [0, 0.05) is 19.4 Å². The number of fused-ring (bicyclic) bond motifs is 6. The van der Waals surface area contributed by atoms with Crippen molar-refractivity contribution >= 4 is 34.0 Å². The Labute approximate surface area is 226 Å². The molecule has 3 fully saturated rings. The lowest BCUT2D eigenvalue weighted by Gasteiger charge is -2.34. The minimum absolute atomic E-state index is 0.192. The fourth-order valence-corrected chi connectivity index (χ4v) is 6.59. The number of carbonyl (C=O) groups excluding carboxylic acids is 2. The summed E-state index contributed by atoms with van der Waals surface area (Å²) >= 11 is 0. The van der Waals surface area contributed by atoms with Crippen LogP contribution in [-0.4, -0.2) is 45.9 Å². The zero-order valence-corrected chi connectivity index (χ0v) is 21.8. The van der Waals surface area contributed by atoms with Crippen LogP contribution in [0.2, 0.25) is 0 Å². The molecule has 3 aliphatic heterocycles. The molecule has 3 aliphatic rings. The van der Waals surface area contributed by atoms with E-state index in [-0.39, 0.29) is 31.3 Å². The van der Waals surface area contributed by atoms with Crippen molar-refractivity contribution in [3.05, 3.63) is 83.2 Å². The highest BCUT2D eigenvalue weighted by Crippen LogP contribution is 2.63. The van der Waals surface area contributed by atoms with Crippen LogP contribution in [0, 0.1) is 36.7 Å². The van der Waals surface area contributed by atoms with Crippen LogP contribution in [0.3, 0.4) is 0 Å². The molecule has 3 aromatic rings. The van der Waals surface area contributed by atoms with E-state index in [1.54, 1.807) is 24.3 Å². The summed E-state index contributed by atoms with van der Waals surface area (Å²) in [4.78, 5) is 32.0. The Morgan fingerprint density at radius 2 is 1.74 bits per heavy atom. The van der Waals surface area contributed by atoms with Crippen molar-refractivity contribution in [1.82, 2.24) is 0 Å². The lowest BCUT2D eigenvalue weighted by atomic mass is 9.64. The highest BCUT2D eigenvalue weighted by molar-refractivity contribution is 6.26. The summed E-state index contributed by atoms with van der Waals surface area (Å²) < 4.78 is 6.25. The van der Waals surface area contributed by atoms with Crippen molar-refractivity contribution in [3.8, 4) is 6.07 Å². The fraction of sp³-hybridized carbons (Fsp3) is 0.355. The Bertz CT molecular complexity index is 1540. The first-order chi connectivity index (χ1) is 18.8. The monoisotopic (exact) mass is 523 g/mol. The molecule has 2 amide bonds. The Hall–Kier alpha value is -4.08. The van der Waals surface area contributed by atoms with Crippen LogP contribution in [0.1, 0.15) is 37.3 Å². The van der Waals surface area contributed by atoms with Gasteiger partial charge in [0.1, 0.15) is 5.60 Å². The van der Waals surface area contributed by atoms with Gasteiger partial charge in [-0.15, -0.1) is 0 Å². The number of aryl methyl sites for hydroxylation is 1. The first-order valence-corrected chi connectivity index (χ1v) is 13.0. The molecule has 0 saturated carbocycles. The van der Waals surface area contributed by atoms with E-state index < -0.39 is 29.1 Å². The number of nitriles is 1. The summed E-state index contributed by atoms with van der Waals surface area (Å²) in [7, 11) is 0. The van der Waals surface area contributed by atoms with Crippen LogP contribution in [-0.2, 0) is 14.3 Å². The quantitative estimate of drug-likeness (QED) is 0.386. The Morgan fingerprint density at radius 1 is 1.08 bits per heavy atom. The molecule has 2 unspecified atom stereocenters. The molecular formula is C31H29N3O5. The molecule has 8 heteroatoms. The van der Waals surface area contributed by atoms with Gasteiger partial charge in [0.2, 0.25) is 11.8 Å². The molecule has 5 atom stereocenters. The summed E-state index contributed by atoms with van der Waals surface area (Å²) in [5, 5.41) is 30.1. The van der Waals surface area contributed by atoms with Crippen molar-refractivity contribution < 1.29 is 24.5 Å². The summed E-state index contributed by atoms with van der Waals surface area (Å²) in [6.45, 7) is 11.1. The van der Waals surface area contributed by atoms with Gasteiger partial charge >= 0.3 is 0 Å². The molecule has 0 radical (unpaired) electrons. The highest BCUT2D eigenvalue weighted by atomic mass is 16.6. The molecule has 0 aromatic heterocycles. The molecule has 3 heterocycles. The largest absolute Gasteiger partial charge is 0.396 e. The number of aliphatic hydroxyl groups excluding tert-OH is 2. The first-order valence-electron chi connectivity index (χ1n) is 13.0. The predicted octanol–water partition coefficient (Wildman–Crippen LogP) is 4.43. The van der Waals surface area contributed by atoms with Gasteiger partial charge in [-0.3, -0.25) is 9.59 Å². The van der Waals surface area contributed by atoms with Gasteiger partial charge < -0.3 is 14.9 Å². The number of rotatable bonds is 4. The number of amides is 2. The van der Waals surface area contributed by atoms with E-state index in [0.29, 0.717) is 28.6 Å². The second-order valence-corrected chi connectivity index (χ2v) is 10.4. The van der Waals surface area contributed by atoms with Crippen LogP contribution in [0.25, 0.3) is 15.6 Å². The first kappa shape index (κ1) is 26.5. The van der Waals surface area contributed by atoms with Gasteiger partial charge in [-0.1, -0.05) is 55.0 Å². The van der Waals surface area contributed by atoms with Crippen LogP contribution < -0.4 is 4.90 Å². The van der Waals surface area contributed by atoms with Crippen molar-refractivity contribution in [2.45, 2.75) is 50.4 Å². The summed E-state index contributed by atoms with van der Waals surface area (Å²) in [6, 6.07) is 20.0. The minimum atomic E-state index is -1.12. The Balaban J connectivity index is 0.000000292. The number of imide groups is 1. The normalized spacial score (nSPS) is 28.6. The maximum Gasteiger partial charge on any atom is 0.240 e. The fourth-order valence-electron chi connectivity index (χ4n) is 6.59. The van der Waals surface area contributed by atoms with Gasteiger partial charge in [-0.2, -0.15) is 5.26 Å². The Kier molecular flexibility index (Phi) is 6.74. The summed E-state index contributed by atoms with van der Waals surface area (Å²) in [5.41, 5.74) is 0.654. The van der Waals surface area contributed by atoms with Crippen molar-refractivity contribution in [1.29, 1.82) is 5.26 Å². The molecule has 0 spiro atoms. The highest BCUT2D eigenvalue weighted by Gasteiger charge is 2.77. The SMILES string of the molecule is Cc1ccc(C#N)cc1.[C-]#[N+]c1ccc(N2C(=O)[C@@H]3[C@H](C2=O)C2(CC)OC3(CCO)C[C@H]2O)c2ccccc12. The van der Waals surface area contributed by atoms with Gasteiger partial charge in [0.25, 0.3) is 0 Å². The van der Waals surface area contributed by atoms with E-state index in [9.17, 15) is 19.8 Å². The molecule has 2 bridgehead atoms. The van der Waals surface area contributed by atoms with Gasteiger partial charge in [0.05, 0.1) is 47.4 Å². The van der Waals surface area contributed by atoms with Gasteiger partial charge in [-0.25, -0.2) is 9.74 Å². The van der Waals surface area contributed by atoms with Gasteiger partial charge in [0.15, 0.2) is 5.69 Å². The smallest absolute Gasteiger partial charge is 0.240 e. The number of benzene rings is 3. The standard InChI is InChI=1S/C23H22N2O5.C8H7N/c1-3-23-17(27)12-22(30-23,10-11-26)18-19(23)21(29)25(20(18)28)16-9-8-15(24-2)13-6-4-5-7-14(13)16;1-7-2-4-8(6-9)5-3-7/h4-9,17-19,26-27H,3,10-12H2,1H3;2-5H,1H3/t17-,18+,19-,22?,23?;/m1./s1. The maximum absolute atomic E-state index is 13.6. The second-order valence-electron chi connectivity index (χ2n) is 10.4. The van der Waals surface area contributed by atoms with E-state index >= 15 is 0 Å². The van der Waals surface area contributed by atoms with Crippen molar-refractivity contribution in [2.24, 2.45) is 11.8 Å². The number of anilines is 1. The summed E-state index contributed by atoms with van der Waals surface area (Å²) in [5.74, 6) is -2.27. The lowest BCUT2D eigenvalue weighted by Crippen LogP contribution is -2.51. The summed E-state index contributed by atoms with van der Waals surface area (Å²) in [6.07, 6.45) is -0.0510. The number of hydrogen-bond donors (Lipinski definition) is 2. The third-order valence-corrected chi connectivity index (χ3v) is 8.40. The molecule has 0 aliphatic carbocycles. The molecule has 8 nitrogen and oxygen atoms in total. The molecule has 3 saturated heterocycles. The van der Waals surface area contributed by atoms with Crippen LogP contribution in [0.4, 0.5) is 11.4 Å². The van der Waals surface area contributed by atoms with E-state index in [0.717, 1.165) is 5.56 Å². The maximum atomic E-state index is 13.6. The van der Waals surface area contributed by atoms with Gasteiger partial charge in [-0.05, 0) is 42.3 Å². The predicted molar refractivity (Wildman–Crippen MR) is 145 cm³/mol. The average molecular weight is 524 g/mol. The zero-order valence-electron chi connectivity index (χ0n) is 21.8. The van der Waals surface area contributed by atoms with Crippen LogP contribution >= 0.6 is 0 Å². The van der Waals surface area contributed by atoms with Crippen molar-refractivity contribution in [3.63, 3.8) is 0 Å². The topological polar surface area (TPSA) is 115 Å². The number of hydrogen-bond acceptors (Lipinski definition) is 6. The van der Waals surface area contributed by atoms with E-state index in [4.69, 9.17) is 16.6 Å². The van der Waals surface area contributed by atoms with E-state index in [1.165, 1.54) is 10.5 Å². The van der Waals surface area contributed by atoms with E-state index in [1.807, 2.05) is 50.2 Å². The van der Waals surface area contributed by atoms with Crippen LogP contribution in [0.15, 0.2) is 60.7 Å². The molecule has 2 N–H and O–H groups in total. The molecular weight excluding hydrogens is 494 g/mol. The number of carbonyl (C=O) groups is 2. The molecule has 6 rings (SSSR count). The van der Waals surface area contributed by atoms with Crippen LogP contribution in [0.5, 0.6) is 0 Å². The van der Waals surface area contributed by atoms with E-state index in [2.05, 4.69) is 10.9 Å². The average Bonchev–Trinajstić information content (AvgIpc) is 3.51. The lowest BCUT2D eigenvalue weighted by molar-refractivity contribution is -0.137. The molecule has 3 aromatic carbocycles. The zero-order chi connectivity index (χ0) is 27.9. The van der Waals surface area contributed by atoms with Crippen molar-refractivity contribution in [2.75, 3.05) is 11.5 Å².